The van der Waals surface area contributed by atoms with Crippen LogP contribution in [-0.4, -0.2) is 44.2 Å². The smallest absolute Gasteiger partial charge is 0.123 e. The molecule has 3 nitrogen and oxygen atoms in total. The molecule has 4 heteroatoms. The molecule has 0 amide bonds. The average molecular weight is 237 g/mol. The Kier molecular flexibility index (Phi) is 4.48. The molecule has 1 saturated heterocycles. The SMILES string of the molecule is CN1CCNC(CNCc2ccc(F)cc2)C1. The van der Waals surface area contributed by atoms with Gasteiger partial charge in [0.05, 0.1) is 0 Å². The Labute approximate surface area is 102 Å². The third-order valence-corrected chi connectivity index (χ3v) is 3.09. The van der Waals surface area contributed by atoms with Crippen LogP contribution in [0, 0.1) is 5.82 Å². The molecule has 1 atom stereocenters. The summed E-state index contributed by atoms with van der Waals surface area (Å²) in [6.45, 7) is 4.99. The molecule has 1 aliphatic rings. The van der Waals surface area contributed by atoms with E-state index >= 15 is 0 Å². The minimum atomic E-state index is -0.177. The molecule has 0 bridgehead atoms. The first-order valence-electron chi connectivity index (χ1n) is 6.11. The Balaban J connectivity index is 1.70. The van der Waals surface area contributed by atoms with E-state index in [0.29, 0.717) is 6.04 Å². The van der Waals surface area contributed by atoms with E-state index < -0.39 is 0 Å². The molecule has 2 rings (SSSR count). The van der Waals surface area contributed by atoms with Crippen molar-refractivity contribution in [1.82, 2.24) is 15.5 Å². The first kappa shape index (κ1) is 12.5. The first-order valence-corrected chi connectivity index (χ1v) is 6.11. The largest absolute Gasteiger partial charge is 0.311 e. The topological polar surface area (TPSA) is 27.3 Å². The van der Waals surface area contributed by atoms with Gasteiger partial charge in [-0.3, -0.25) is 0 Å². The summed E-state index contributed by atoms with van der Waals surface area (Å²) in [4.78, 5) is 2.33. The number of nitrogens with one attached hydrogen (secondary N) is 2. The van der Waals surface area contributed by atoms with Gasteiger partial charge in [-0.05, 0) is 24.7 Å². The van der Waals surface area contributed by atoms with E-state index in [-0.39, 0.29) is 5.82 Å². The van der Waals surface area contributed by atoms with Crippen molar-refractivity contribution in [2.75, 3.05) is 33.2 Å². The van der Waals surface area contributed by atoms with Gasteiger partial charge < -0.3 is 15.5 Å². The molecule has 1 aromatic rings. The summed E-state index contributed by atoms with van der Waals surface area (Å²) in [6.07, 6.45) is 0. The Morgan fingerprint density at radius 2 is 2.18 bits per heavy atom. The monoisotopic (exact) mass is 237 g/mol. The van der Waals surface area contributed by atoms with Crippen LogP contribution in [0.25, 0.3) is 0 Å². The molecular formula is C13H20FN3. The van der Waals surface area contributed by atoms with E-state index in [0.717, 1.165) is 38.3 Å². The second-order valence-electron chi connectivity index (χ2n) is 4.67. The average Bonchev–Trinajstić information content (AvgIpc) is 2.32. The van der Waals surface area contributed by atoms with Gasteiger partial charge in [0.2, 0.25) is 0 Å². The van der Waals surface area contributed by atoms with E-state index in [2.05, 4.69) is 22.6 Å². The summed E-state index contributed by atoms with van der Waals surface area (Å²) in [5, 5.41) is 6.88. The van der Waals surface area contributed by atoms with Gasteiger partial charge in [-0.25, -0.2) is 4.39 Å². The second-order valence-corrected chi connectivity index (χ2v) is 4.67. The standard InChI is InChI=1S/C13H20FN3/c1-17-7-6-16-13(10-17)9-15-8-11-2-4-12(14)5-3-11/h2-5,13,15-16H,6-10H2,1H3. The molecule has 1 unspecified atom stereocenters. The third kappa shape index (κ3) is 4.07. The Morgan fingerprint density at radius 3 is 2.88 bits per heavy atom. The van der Waals surface area contributed by atoms with Crippen molar-refractivity contribution in [1.29, 1.82) is 0 Å². The predicted molar refractivity (Wildman–Crippen MR) is 67.4 cm³/mol. The minimum absolute atomic E-state index is 0.177. The van der Waals surface area contributed by atoms with Gasteiger partial charge >= 0.3 is 0 Å². The molecule has 17 heavy (non-hydrogen) atoms. The maximum atomic E-state index is 12.7. The number of benzene rings is 1. The Hall–Kier alpha value is -0.970. The molecule has 0 radical (unpaired) electrons. The summed E-state index contributed by atoms with van der Waals surface area (Å²) in [5.41, 5.74) is 1.12. The maximum absolute atomic E-state index is 12.7. The van der Waals surface area contributed by atoms with Gasteiger partial charge in [0, 0.05) is 38.8 Å². The highest BCUT2D eigenvalue weighted by Crippen LogP contribution is 2.02. The van der Waals surface area contributed by atoms with Crippen LogP contribution in [-0.2, 0) is 6.54 Å². The van der Waals surface area contributed by atoms with Crippen molar-refractivity contribution in [3.8, 4) is 0 Å². The molecule has 0 saturated carbocycles. The van der Waals surface area contributed by atoms with Gasteiger partial charge in [0.1, 0.15) is 5.82 Å². The number of hydrogen-bond donors (Lipinski definition) is 2. The van der Waals surface area contributed by atoms with Crippen LogP contribution in [0.1, 0.15) is 5.56 Å². The van der Waals surface area contributed by atoms with Gasteiger partial charge in [0.25, 0.3) is 0 Å². The zero-order chi connectivity index (χ0) is 12.1. The summed E-state index contributed by atoms with van der Waals surface area (Å²) < 4.78 is 12.7. The highest BCUT2D eigenvalue weighted by molar-refractivity contribution is 5.15. The van der Waals surface area contributed by atoms with Crippen LogP contribution in [0.2, 0.25) is 0 Å². The number of nitrogens with zero attached hydrogens (tertiary/aromatic N) is 1. The highest BCUT2D eigenvalue weighted by Gasteiger charge is 2.15. The minimum Gasteiger partial charge on any atom is -0.311 e. The summed E-state index contributed by atoms with van der Waals surface area (Å²) in [6, 6.07) is 7.16. The van der Waals surface area contributed by atoms with Crippen LogP contribution < -0.4 is 10.6 Å². The molecule has 1 aliphatic heterocycles. The van der Waals surface area contributed by atoms with E-state index in [1.54, 1.807) is 0 Å². The summed E-state index contributed by atoms with van der Waals surface area (Å²) >= 11 is 0. The Morgan fingerprint density at radius 1 is 1.41 bits per heavy atom. The fourth-order valence-electron chi connectivity index (χ4n) is 2.12. The number of likely N-dealkylation sites (N-methyl/N-ethyl adjacent to an activating group) is 1. The number of rotatable bonds is 4. The highest BCUT2D eigenvalue weighted by atomic mass is 19.1. The molecule has 0 aliphatic carbocycles. The molecule has 1 fully saturated rings. The van der Waals surface area contributed by atoms with Crippen molar-refractivity contribution >= 4 is 0 Å². The molecule has 2 N–H and O–H groups in total. The normalized spacial score (nSPS) is 21.6. The second kappa shape index (κ2) is 6.10. The van der Waals surface area contributed by atoms with Gasteiger partial charge in [-0.15, -0.1) is 0 Å². The summed E-state index contributed by atoms with van der Waals surface area (Å²) in [5.74, 6) is -0.177. The van der Waals surface area contributed by atoms with E-state index in [1.807, 2.05) is 12.1 Å². The maximum Gasteiger partial charge on any atom is 0.123 e. The van der Waals surface area contributed by atoms with Gasteiger partial charge in [-0.2, -0.15) is 0 Å². The lowest BCUT2D eigenvalue weighted by molar-refractivity contribution is 0.235. The molecular weight excluding hydrogens is 217 g/mol. The van der Waals surface area contributed by atoms with E-state index in [9.17, 15) is 4.39 Å². The quantitative estimate of drug-likeness (QED) is 0.812. The fraction of sp³-hybridized carbons (Fsp3) is 0.538. The molecule has 1 aromatic carbocycles. The molecule has 0 aromatic heterocycles. The van der Waals surface area contributed by atoms with Crippen molar-refractivity contribution in [2.45, 2.75) is 12.6 Å². The third-order valence-electron chi connectivity index (χ3n) is 3.09. The number of piperazine rings is 1. The zero-order valence-electron chi connectivity index (χ0n) is 10.2. The Bertz CT molecular complexity index is 339. The van der Waals surface area contributed by atoms with Crippen LogP contribution in [0.15, 0.2) is 24.3 Å². The van der Waals surface area contributed by atoms with Crippen molar-refractivity contribution in [2.24, 2.45) is 0 Å². The summed E-state index contributed by atoms with van der Waals surface area (Å²) in [7, 11) is 2.15. The van der Waals surface area contributed by atoms with Crippen LogP contribution >= 0.6 is 0 Å². The van der Waals surface area contributed by atoms with Crippen LogP contribution in [0.4, 0.5) is 4.39 Å². The molecule has 1 heterocycles. The lowest BCUT2D eigenvalue weighted by atomic mass is 10.2. The van der Waals surface area contributed by atoms with Gasteiger partial charge in [-0.1, -0.05) is 12.1 Å². The number of halogens is 1. The molecule has 0 spiro atoms. The first-order chi connectivity index (χ1) is 8.24. The van der Waals surface area contributed by atoms with E-state index in [1.165, 1.54) is 12.1 Å². The fourth-order valence-corrected chi connectivity index (χ4v) is 2.12. The van der Waals surface area contributed by atoms with Crippen molar-refractivity contribution < 1.29 is 4.39 Å². The number of hydrogen-bond acceptors (Lipinski definition) is 3. The lowest BCUT2D eigenvalue weighted by Gasteiger charge is -2.31. The van der Waals surface area contributed by atoms with Gasteiger partial charge in [0.15, 0.2) is 0 Å². The van der Waals surface area contributed by atoms with Crippen LogP contribution in [0.5, 0.6) is 0 Å². The van der Waals surface area contributed by atoms with Crippen molar-refractivity contribution in [3.63, 3.8) is 0 Å². The van der Waals surface area contributed by atoms with Crippen LogP contribution in [0.3, 0.4) is 0 Å². The zero-order valence-corrected chi connectivity index (χ0v) is 10.2. The lowest BCUT2D eigenvalue weighted by Crippen LogP contribution is -2.52. The van der Waals surface area contributed by atoms with Crippen molar-refractivity contribution in [3.05, 3.63) is 35.6 Å². The predicted octanol–water partition coefficient (Wildman–Crippen LogP) is 0.819. The molecule has 94 valence electrons. The van der Waals surface area contributed by atoms with E-state index in [4.69, 9.17) is 0 Å².